The second kappa shape index (κ2) is 4.79. The largest absolute Gasteiger partial charge is 0.507 e. The van der Waals surface area contributed by atoms with Crippen molar-refractivity contribution in [1.82, 2.24) is 0 Å². The Kier molecular flexibility index (Phi) is 3.95. The van der Waals surface area contributed by atoms with Gasteiger partial charge in [0.2, 0.25) is 0 Å². The van der Waals surface area contributed by atoms with Crippen molar-refractivity contribution in [3.05, 3.63) is 41.5 Å². The van der Waals surface area contributed by atoms with Crippen LogP contribution in [0.25, 0.3) is 0 Å². The maximum Gasteiger partial charge on any atom is 0.123 e. The third-order valence-corrected chi connectivity index (χ3v) is 3.17. The van der Waals surface area contributed by atoms with Gasteiger partial charge in [0.15, 0.2) is 0 Å². The highest BCUT2D eigenvalue weighted by Crippen LogP contribution is 2.39. The first-order chi connectivity index (χ1) is 8.07. The minimum absolute atomic E-state index is 0.0543. The summed E-state index contributed by atoms with van der Waals surface area (Å²) in [4.78, 5) is 0. The van der Waals surface area contributed by atoms with Crippen LogP contribution < -0.4 is 0 Å². The van der Waals surface area contributed by atoms with Gasteiger partial charge in [0.25, 0.3) is 0 Å². The number of aromatic hydroxyl groups is 1. The Bertz CT molecular complexity index is 407. The van der Waals surface area contributed by atoms with E-state index in [0.29, 0.717) is 5.75 Å². The zero-order chi connectivity index (χ0) is 14.1. The number of rotatable bonds is 2. The smallest absolute Gasteiger partial charge is 0.123 e. The maximum absolute atomic E-state index is 10.5. The average molecular weight is 246 g/mol. The summed E-state index contributed by atoms with van der Waals surface area (Å²) in [5.41, 5.74) is 3.15. The lowest BCUT2D eigenvalue weighted by Gasteiger charge is -2.28. The third kappa shape index (κ3) is 3.16. The van der Waals surface area contributed by atoms with Crippen molar-refractivity contribution >= 4 is 0 Å². The van der Waals surface area contributed by atoms with Crippen LogP contribution in [0.5, 0.6) is 5.75 Å². The van der Waals surface area contributed by atoms with E-state index in [9.17, 15) is 5.11 Å². The van der Waals surface area contributed by atoms with Gasteiger partial charge in [0, 0.05) is 0 Å². The minimum atomic E-state index is -0.0543. The van der Waals surface area contributed by atoms with E-state index < -0.39 is 0 Å². The molecule has 1 rings (SSSR count). The Morgan fingerprint density at radius 3 is 1.67 bits per heavy atom. The molecule has 0 saturated carbocycles. The zero-order valence-corrected chi connectivity index (χ0v) is 12.6. The highest BCUT2D eigenvalue weighted by molar-refractivity contribution is 5.50. The summed E-state index contributed by atoms with van der Waals surface area (Å²) < 4.78 is 0. The van der Waals surface area contributed by atoms with Crippen molar-refractivity contribution in [2.75, 3.05) is 0 Å². The van der Waals surface area contributed by atoms with Gasteiger partial charge in [-0.3, -0.25) is 0 Å². The second-order valence-electron chi connectivity index (χ2n) is 7.03. The summed E-state index contributed by atoms with van der Waals surface area (Å²) in [6.45, 7) is 16.6. The fraction of sp³-hybridized carbons (Fsp3) is 0.529. The van der Waals surface area contributed by atoms with Gasteiger partial charge in [-0.05, 0) is 33.9 Å². The first-order valence-electron chi connectivity index (χ1n) is 6.55. The van der Waals surface area contributed by atoms with Gasteiger partial charge in [-0.2, -0.15) is 0 Å². The number of allylic oxidation sites excluding steroid dienone is 1. The molecule has 0 fully saturated rings. The molecular formula is C17H26O. The molecular weight excluding hydrogens is 220 g/mol. The Balaban J connectivity index is 3.53. The zero-order valence-electron chi connectivity index (χ0n) is 12.6. The van der Waals surface area contributed by atoms with Crippen molar-refractivity contribution in [2.24, 2.45) is 0 Å². The molecule has 0 amide bonds. The van der Waals surface area contributed by atoms with Crippen molar-refractivity contribution < 1.29 is 5.11 Å². The predicted octanol–water partition coefficient (Wildman–Crippen LogP) is 4.72. The molecule has 1 aromatic carbocycles. The van der Waals surface area contributed by atoms with Gasteiger partial charge in [-0.25, -0.2) is 0 Å². The molecule has 100 valence electrons. The highest BCUT2D eigenvalue weighted by atomic mass is 16.3. The fourth-order valence-electron chi connectivity index (χ4n) is 2.12. The first-order valence-corrected chi connectivity index (χ1v) is 6.55. The van der Waals surface area contributed by atoms with Gasteiger partial charge < -0.3 is 5.11 Å². The predicted molar refractivity (Wildman–Crippen MR) is 79.4 cm³/mol. The lowest BCUT2D eigenvalue weighted by atomic mass is 9.78. The summed E-state index contributed by atoms with van der Waals surface area (Å²) in [7, 11) is 0. The second-order valence-corrected chi connectivity index (χ2v) is 7.03. The van der Waals surface area contributed by atoms with E-state index in [1.807, 2.05) is 6.08 Å². The molecule has 18 heavy (non-hydrogen) atoms. The Morgan fingerprint density at radius 2 is 1.39 bits per heavy atom. The maximum atomic E-state index is 10.5. The van der Waals surface area contributed by atoms with Crippen LogP contribution in [0.15, 0.2) is 24.8 Å². The summed E-state index contributed by atoms with van der Waals surface area (Å²) >= 11 is 0. The van der Waals surface area contributed by atoms with Crippen molar-refractivity contribution in [2.45, 2.75) is 58.8 Å². The molecule has 0 spiro atoms. The summed E-state index contributed by atoms with van der Waals surface area (Å²) in [5.74, 6) is 0.447. The average Bonchev–Trinajstić information content (AvgIpc) is 2.17. The van der Waals surface area contributed by atoms with Crippen molar-refractivity contribution in [3.8, 4) is 5.75 Å². The van der Waals surface area contributed by atoms with E-state index in [2.05, 4.69) is 60.3 Å². The fourth-order valence-corrected chi connectivity index (χ4v) is 2.12. The van der Waals surface area contributed by atoms with Crippen LogP contribution in [0.4, 0.5) is 0 Å². The SMILES string of the molecule is C=CCc1cc(C(C)(C)C)c(O)c(C(C)(C)C)c1. The summed E-state index contributed by atoms with van der Waals surface area (Å²) in [6, 6.07) is 4.21. The normalized spacial score (nSPS) is 12.6. The van der Waals surface area contributed by atoms with Crippen molar-refractivity contribution in [3.63, 3.8) is 0 Å². The number of hydrogen-bond acceptors (Lipinski definition) is 1. The van der Waals surface area contributed by atoms with E-state index in [1.165, 1.54) is 5.56 Å². The molecule has 0 aliphatic rings. The quantitative estimate of drug-likeness (QED) is 0.749. The van der Waals surface area contributed by atoms with E-state index >= 15 is 0 Å². The molecule has 1 nitrogen and oxygen atoms in total. The van der Waals surface area contributed by atoms with E-state index in [4.69, 9.17) is 0 Å². The van der Waals surface area contributed by atoms with Gasteiger partial charge in [-0.15, -0.1) is 6.58 Å². The lowest BCUT2D eigenvalue weighted by molar-refractivity contribution is 0.423. The van der Waals surface area contributed by atoms with Crippen LogP contribution in [0.3, 0.4) is 0 Å². The monoisotopic (exact) mass is 246 g/mol. The Morgan fingerprint density at radius 1 is 1.00 bits per heavy atom. The molecule has 1 aromatic rings. The van der Waals surface area contributed by atoms with E-state index in [-0.39, 0.29) is 10.8 Å². The minimum Gasteiger partial charge on any atom is -0.507 e. The van der Waals surface area contributed by atoms with Crippen LogP contribution in [-0.2, 0) is 17.3 Å². The molecule has 1 heteroatoms. The van der Waals surface area contributed by atoms with Crippen LogP contribution in [0, 0.1) is 0 Å². The van der Waals surface area contributed by atoms with Gasteiger partial charge >= 0.3 is 0 Å². The highest BCUT2D eigenvalue weighted by Gasteiger charge is 2.26. The number of phenols is 1. The Hall–Kier alpha value is -1.24. The van der Waals surface area contributed by atoms with Crippen LogP contribution in [0.2, 0.25) is 0 Å². The van der Waals surface area contributed by atoms with Gasteiger partial charge in [-0.1, -0.05) is 59.8 Å². The molecule has 0 saturated heterocycles. The molecule has 0 heterocycles. The molecule has 0 unspecified atom stereocenters. The molecule has 0 atom stereocenters. The van der Waals surface area contributed by atoms with Crippen molar-refractivity contribution in [1.29, 1.82) is 0 Å². The molecule has 0 bridgehead atoms. The first kappa shape index (κ1) is 14.8. The van der Waals surface area contributed by atoms with Gasteiger partial charge in [0.05, 0.1) is 0 Å². The molecule has 0 aliphatic carbocycles. The third-order valence-electron chi connectivity index (χ3n) is 3.17. The standard InChI is InChI=1S/C17H26O/c1-8-9-12-10-13(16(2,3)4)15(18)14(11-12)17(5,6)7/h8,10-11,18H,1,9H2,2-7H3. The Labute approximate surface area is 112 Å². The molecule has 0 aliphatic heterocycles. The number of phenolic OH excluding ortho intramolecular Hbond substituents is 1. The summed E-state index contributed by atoms with van der Waals surface area (Å²) in [6.07, 6.45) is 2.75. The number of hydrogen-bond donors (Lipinski definition) is 1. The van der Waals surface area contributed by atoms with Crippen LogP contribution in [-0.4, -0.2) is 5.11 Å². The lowest BCUT2D eigenvalue weighted by Crippen LogP contribution is -2.17. The molecule has 0 radical (unpaired) electrons. The number of benzene rings is 1. The van der Waals surface area contributed by atoms with Crippen LogP contribution in [0.1, 0.15) is 58.2 Å². The van der Waals surface area contributed by atoms with Gasteiger partial charge in [0.1, 0.15) is 5.75 Å². The van der Waals surface area contributed by atoms with E-state index in [1.54, 1.807) is 0 Å². The molecule has 0 aromatic heterocycles. The summed E-state index contributed by atoms with van der Waals surface area (Å²) in [5, 5.41) is 10.5. The topological polar surface area (TPSA) is 20.2 Å². The van der Waals surface area contributed by atoms with E-state index in [0.717, 1.165) is 17.5 Å². The molecule has 1 N–H and O–H groups in total. The van der Waals surface area contributed by atoms with Crippen LogP contribution >= 0.6 is 0 Å².